The van der Waals surface area contributed by atoms with Crippen molar-refractivity contribution in [3.05, 3.63) is 40.2 Å². The van der Waals surface area contributed by atoms with Crippen LogP contribution in [0.2, 0.25) is 0 Å². The number of hydrogen-bond donors (Lipinski definition) is 0. The van der Waals surface area contributed by atoms with Crippen LogP contribution in [0.25, 0.3) is 10.9 Å². The largest absolute Gasteiger partial charge is 0.241 e. The lowest BCUT2D eigenvalue weighted by Crippen LogP contribution is -1.85. The number of rotatable bonds is 0. The highest BCUT2D eigenvalue weighted by Gasteiger charge is 2.01. The van der Waals surface area contributed by atoms with Gasteiger partial charge in [0.05, 0.1) is 5.52 Å². The van der Waals surface area contributed by atoms with Gasteiger partial charge in [-0.2, -0.15) is 0 Å². The van der Waals surface area contributed by atoms with Crippen LogP contribution < -0.4 is 0 Å². The zero-order valence-electron chi connectivity index (χ0n) is 7.01. The summed E-state index contributed by atoms with van der Waals surface area (Å²) in [4.78, 5) is 4.17. The molecule has 2 aromatic rings. The first-order valence-corrected chi connectivity index (χ1v) is 4.68. The highest BCUT2D eigenvalue weighted by atomic mass is 79.9. The lowest BCUT2D eigenvalue weighted by molar-refractivity contribution is 0.629. The third kappa shape index (κ3) is 1.56. The van der Waals surface area contributed by atoms with Gasteiger partial charge in [0.25, 0.3) is 0 Å². The van der Waals surface area contributed by atoms with E-state index in [0.29, 0.717) is 5.52 Å². The Balaban J connectivity index is 2.86. The molecule has 2 rings (SSSR count). The summed E-state index contributed by atoms with van der Waals surface area (Å²) in [5.74, 6) is -0.252. The van der Waals surface area contributed by atoms with Crippen molar-refractivity contribution in [2.75, 3.05) is 0 Å². The topological polar surface area (TPSA) is 12.9 Å². The Bertz CT molecular complexity index is 462. The molecule has 13 heavy (non-hydrogen) atoms. The number of hydrogen-bond acceptors (Lipinski definition) is 1. The molecule has 0 unspecified atom stereocenters. The van der Waals surface area contributed by atoms with Crippen molar-refractivity contribution in [1.29, 1.82) is 0 Å². The van der Waals surface area contributed by atoms with Gasteiger partial charge in [0.2, 0.25) is 0 Å². The van der Waals surface area contributed by atoms with Gasteiger partial charge in [-0.15, -0.1) is 0 Å². The van der Waals surface area contributed by atoms with Crippen LogP contribution >= 0.6 is 15.9 Å². The predicted molar refractivity (Wildman–Crippen MR) is 54.1 cm³/mol. The van der Waals surface area contributed by atoms with Crippen LogP contribution in [0.5, 0.6) is 0 Å². The van der Waals surface area contributed by atoms with Crippen LogP contribution in [0.4, 0.5) is 4.39 Å². The summed E-state index contributed by atoms with van der Waals surface area (Å²) in [5, 5.41) is 0.990. The van der Waals surface area contributed by atoms with Crippen molar-refractivity contribution >= 4 is 26.8 Å². The van der Waals surface area contributed by atoms with Crippen molar-refractivity contribution < 1.29 is 4.39 Å². The highest BCUT2D eigenvalue weighted by molar-refractivity contribution is 9.10. The molecule has 0 aliphatic carbocycles. The van der Waals surface area contributed by atoms with Gasteiger partial charge in [0.1, 0.15) is 10.4 Å². The summed E-state index contributed by atoms with van der Waals surface area (Å²) < 4.78 is 13.6. The van der Waals surface area contributed by atoms with E-state index in [2.05, 4.69) is 20.9 Å². The van der Waals surface area contributed by atoms with E-state index in [1.54, 1.807) is 6.07 Å². The summed E-state index contributed by atoms with van der Waals surface area (Å²) in [6, 6.07) is 6.55. The van der Waals surface area contributed by atoms with Crippen LogP contribution in [0, 0.1) is 12.7 Å². The van der Waals surface area contributed by atoms with Crippen LogP contribution in [0.15, 0.2) is 28.9 Å². The van der Waals surface area contributed by atoms with Gasteiger partial charge in [-0.1, -0.05) is 0 Å². The number of halogens is 2. The molecule has 0 radical (unpaired) electrons. The molecule has 1 aromatic carbocycles. The van der Waals surface area contributed by atoms with Gasteiger partial charge in [-0.25, -0.2) is 9.37 Å². The van der Waals surface area contributed by atoms with Gasteiger partial charge in [0, 0.05) is 11.5 Å². The van der Waals surface area contributed by atoms with Gasteiger partial charge in [0.15, 0.2) is 0 Å². The summed E-state index contributed by atoms with van der Waals surface area (Å²) in [5.41, 5.74) is 1.78. The summed E-state index contributed by atoms with van der Waals surface area (Å²) in [7, 11) is 0. The summed E-state index contributed by atoms with van der Waals surface area (Å²) in [6.45, 7) is 1.98. The van der Waals surface area contributed by atoms with Gasteiger partial charge in [-0.3, -0.25) is 0 Å². The summed E-state index contributed by atoms with van der Waals surface area (Å²) in [6.07, 6.45) is 0. The third-order valence-corrected chi connectivity index (χ3v) is 2.35. The smallest absolute Gasteiger partial charge is 0.125 e. The average Bonchev–Trinajstić information content (AvgIpc) is 2.02. The molecule has 66 valence electrons. The number of nitrogens with zero attached hydrogens (tertiary/aromatic N) is 1. The van der Waals surface area contributed by atoms with Crippen molar-refractivity contribution in [2.24, 2.45) is 0 Å². The fourth-order valence-corrected chi connectivity index (χ4v) is 1.87. The summed E-state index contributed by atoms with van der Waals surface area (Å²) >= 11 is 3.27. The molecule has 1 heterocycles. The molecule has 0 amide bonds. The number of fused-ring (bicyclic) bond motifs is 1. The second-order valence-electron chi connectivity index (χ2n) is 2.92. The quantitative estimate of drug-likeness (QED) is 0.642. The van der Waals surface area contributed by atoms with Gasteiger partial charge >= 0.3 is 0 Å². The minimum absolute atomic E-state index is 0.252. The van der Waals surface area contributed by atoms with Gasteiger partial charge < -0.3 is 0 Å². The molecule has 0 aliphatic rings. The van der Waals surface area contributed by atoms with E-state index in [0.717, 1.165) is 15.6 Å². The molecule has 0 aliphatic heterocycles. The lowest BCUT2D eigenvalue weighted by atomic mass is 10.1. The molecule has 0 bridgehead atoms. The molecule has 0 saturated heterocycles. The SMILES string of the molecule is Cc1cc(Br)nc2cc(F)ccc12. The van der Waals surface area contributed by atoms with Crippen LogP contribution in [-0.4, -0.2) is 4.98 Å². The maximum atomic E-state index is 12.8. The minimum Gasteiger partial charge on any atom is -0.241 e. The fraction of sp³-hybridized carbons (Fsp3) is 0.100. The molecule has 3 heteroatoms. The van der Waals surface area contributed by atoms with E-state index in [9.17, 15) is 4.39 Å². The van der Waals surface area contributed by atoms with Crippen LogP contribution in [0.1, 0.15) is 5.56 Å². The zero-order valence-corrected chi connectivity index (χ0v) is 8.60. The molecule has 0 N–H and O–H groups in total. The van der Waals surface area contributed by atoms with E-state index in [1.807, 2.05) is 13.0 Å². The molecule has 0 atom stereocenters. The van der Waals surface area contributed by atoms with Crippen LogP contribution in [-0.2, 0) is 0 Å². The first-order valence-electron chi connectivity index (χ1n) is 3.89. The van der Waals surface area contributed by atoms with Crippen LogP contribution in [0.3, 0.4) is 0 Å². The Kier molecular flexibility index (Phi) is 2.04. The number of aromatic nitrogens is 1. The Hall–Kier alpha value is -0.960. The second-order valence-corrected chi connectivity index (χ2v) is 3.74. The lowest BCUT2D eigenvalue weighted by Gasteiger charge is -2.01. The molecule has 0 spiro atoms. The normalized spacial score (nSPS) is 10.7. The second kappa shape index (κ2) is 3.07. The minimum atomic E-state index is -0.252. The van der Waals surface area contributed by atoms with Crippen molar-refractivity contribution in [1.82, 2.24) is 4.98 Å². The third-order valence-electron chi connectivity index (χ3n) is 1.95. The van der Waals surface area contributed by atoms with E-state index >= 15 is 0 Å². The Morgan fingerprint density at radius 2 is 2.08 bits per heavy atom. The Labute approximate surface area is 83.7 Å². The molecule has 0 fully saturated rings. The Morgan fingerprint density at radius 3 is 2.85 bits per heavy atom. The molecular weight excluding hydrogens is 233 g/mol. The van der Waals surface area contributed by atoms with Crippen molar-refractivity contribution in [2.45, 2.75) is 6.92 Å². The van der Waals surface area contributed by atoms with E-state index in [1.165, 1.54) is 12.1 Å². The van der Waals surface area contributed by atoms with E-state index in [-0.39, 0.29) is 5.82 Å². The predicted octanol–water partition coefficient (Wildman–Crippen LogP) is 3.44. The standard InChI is InChI=1S/C10H7BrFN/c1-6-4-10(11)13-9-5-7(12)2-3-8(6)9/h2-5H,1H3. The van der Waals surface area contributed by atoms with Crippen molar-refractivity contribution in [3.8, 4) is 0 Å². The molecule has 0 saturated carbocycles. The molecular formula is C10H7BrFN. The molecule has 1 nitrogen and oxygen atoms in total. The van der Waals surface area contributed by atoms with Crippen molar-refractivity contribution in [3.63, 3.8) is 0 Å². The number of benzene rings is 1. The number of pyridine rings is 1. The van der Waals surface area contributed by atoms with E-state index in [4.69, 9.17) is 0 Å². The monoisotopic (exact) mass is 239 g/mol. The van der Waals surface area contributed by atoms with E-state index < -0.39 is 0 Å². The maximum Gasteiger partial charge on any atom is 0.125 e. The first-order chi connectivity index (χ1) is 6.16. The highest BCUT2D eigenvalue weighted by Crippen LogP contribution is 2.20. The Morgan fingerprint density at radius 1 is 1.31 bits per heavy atom. The zero-order chi connectivity index (χ0) is 9.42. The maximum absolute atomic E-state index is 12.8. The fourth-order valence-electron chi connectivity index (χ4n) is 1.33. The van der Waals surface area contributed by atoms with Gasteiger partial charge in [-0.05, 0) is 46.6 Å². The number of aryl methyl sites for hydroxylation is 1. The molecule has 1 aromatic heterocycles. The average molecular weight is 240 g/mol. The first kappa shape index (κ1) is 8.63.